The SMILES string of the molecule is O=C(S)SS.[NaH]. The first-order chi connectivity index (χ1) is 2.27. The molecule has 0 aliphatic heterocycles. The number of hydrogen-bond donors (Lipinski definition) is 2. The van der Waals surface area contributed by atoms with Crippen molar-refractivity contribution in [2.45, 2.75) is 0 Å². The second-order valence-corrected chi connectivity index (χ2v) is 2.17. The summed E-state index contributed by atoms with van der Waals surface area (Å²) >= 11 is 6.85. The van der Waals surface area contributed by atoms with Crippen LogP contribution in [-0.4, -0.2) is 34.0 Å². The van der Waals surface area contributed by atoms with Gasteiger partial charge in [-0.15, -0.1) is 11.7 Å². The van der Waals surface area contributed by atoms with E-state index in [1.807, 2.05) is 0 Å². The van der Waals surface area contributed by atoms with Crippen molar-refractivity contribution in [3.05, 3.63) is 0 Å². The summed E-state index contributed by atoms with van der Waals surface area (Å²) in [5, 5.41) is 0. The van der Waals surface area contributed by atoms with Gasteiger partial charge in [0.05, 0.1) is 0 Å². The molecule has 0 atom stereocenters. The first kappa shape index (κ1) is 10.7. The van der Waals surface area contributed by atoms with Gasteiger partial charge in [0.15, 0.2) is 0 Å². The quantitative estimate of drug-likeness (QED) is 0.304. The van der Waals surface area contributed by atoms with E-state index in [4.69, 9.17) is 0 Å². The van der Waals surface area contributed by atoms with Crippen LogP contribution < -0.4 is 0 Å². The first-order valence-electron chi connectivity index (χ1n) is 0.814. The number of hydrogen-bond acceptors (Lipinski definition) is 3. The molecule has 0 spiro atoms. The molecule has 0 aromatic heterocycles. The molecular weight excluding hydrogens is 147 g/mol. The predicted molar refractivity (Wildman–Crippen MR) is 38.1 cm³/mol. The zero-order valence-corrected chi connectivity index (χ0v) is 4.82. The molecule has 0 unspecified atom stereocenters. The molecule has 0 aliphatic carbocycles. The molecule has 0 saturated heterocycles. The Morgan fingerprint density at radius 2 is 1.83 bits per heavy atom. The van der Waals surface area contributed by atoms with E-state index in [-0.39, 0.29) is 34.0 Å². The van der Waals surface area contributed by atoms with Crippen LogP contribution in [0.2, 0.25) is 0 Å². The molecule has 0 radical (unpaired) electrons. The zero-order valence-electron chi connectivity index (χ0n) is 2.21. The first-order valence-corrected chi connectivity index (χ1v) is 3.13. The van der Waals surface area contributed by atoms with Crippen LogP contribution in [-0.2, 0) is 0 Å². The molecule has 6 heavy (non-hydrogen) atoms. The Morgan fingerprint density at radius 1 is 1.67 bits per heavy atom. The summed E-state index contributed by atoms with van der Waals surface area (Å²) < 4.78 is -0.270. The van der Waals surface area contributed by atoms with Gasteiger partial charge in [-0.25, -0.2) is 0 Å². The van der Waals surface area contributed by atoms with E-state index in [2.05, 4.69) is 24.3 Å². The van der Waals surface area contributed by atoms with Crippen molar-refractivity contribution in [2.24, 2.45) is 0 Å². The molecule has 0 rings (SSSR count). The zero-order chi connectivity index (χ0) is 4.28. The van der Waals surface area contributed by atoms with Crippen LogP contribution >= 0.6 is 35.1 Å². The van der Waals surface area contributed by atoms with Gasteiger partial charge in [-0.05, 0) is 10.8 Å². The van der Waals surface area contributed by atoms with Gasteiger partial charge in [-0.2, -0.15) is 0 Å². The second kappa shape index (κ2) is 6.72. The molecule has 0 bridgehead atoms. The summed E-state index contributed by atoms with van der Waals surface area (Å²) in [5.74, 6) is 0. The van der Waals surface area contributed by atoms with Crippen molar-refractivity contribution in [2.75, 3.05) is 0 Å². The van der Waals surface area contributed by atoms with Crippen LogP contribution in [0.25, 0.3) is 0 Å². The van der Waals surface area contributed by atoms with E-state index in [1.165, 1.54) is 0 Å². The Morgan fingerprint density at radius 3 is 1.83 bits per heavy atom. The van der Waals surface area contributed by atoms with E-state index >= 15 is 0 Å². The molecule has 0 aliphatic rings. The Bertz CT molecular complexity index is 46.1. The van der Waals surface area contributed by atoms with Crippen LogP contribution in [0.15, 0.2) is 0 Å². The average Bonchev–Trinajstić information content (AvgIpc) is 1.38. The van der Waals surface area contributed by atoms with Crippen LogP contribution in [0.3, 0.4) is 0 Å². The molecule has 0 aromatic rings. The molecule has 0 fully saturated rings. The van der Waals surface area contributed by atoms with Crippen molar-refractivity contribution in [1.29, 1.82) is 0 Å². The maximum absolute atomic E-state index is 9.56. The number of thiol groups is 2. The Kier molecular flexibility index (Phi) is 11.9. The van der Waals surface area contributed by atoms with Gasteiger partial charge in [-0.3, -0.25) is 4.79 Å². The number of rotatable bonds is 0. The number of carbonyl (C=O) groups excluding carboxylic acids is 1. The topological polar surface area (TPSA) is 17.1 Å². The van der Waals surface area contributed by atoms with Gasteiger partial charge < -0.3 is 0 Å². The standard InChI is InChI=1S/CH2OS3.Na.H/c2-1(3)5-4;;/h4H,(H,2,3);;. The fourth-order valence-electron chi connectivity index (χ4n) is 0. The molecule has 0 amide bonds. The van der Waals surface area contributed by atoms with E-state index in [9.17, 15) is 4.79 Å². The molecule has 0 saturated carbocycles. The molecule has 0 aromatic carbocycles. The summed E-state index contributed by atoms with van der Waals surface area (Å²) in [5.41, 5.74) is 0. The van der Waals surface area contributed by atoms with Gasteiger partial charge in [-0.1, -0.05) is 12.6 Å². The third-order valence-corrected chi connectivity index (χ3v) is 1.44. The van der Waals surface area contributed by atoms with E-state index in [0.717, 1.165) is 10.8 Å². The summed E-state index contributed by atoms with van der Waals surface area (Å²) in [6.07, 6.45) is 0. The Balaban J connectivity index is 0. The van der Waals surface area contributed by atoms with E-state index < -0.39 is 0 Å². The number of carbonyl (C=O) groups is 1. The van der Waals surface area contributed by atoms with Crippen molar-refractivity contribution in [3.63, 3.8) is 0 Å². The fraction of sp³-hybridized carbons (Fsp3) is 0. The molecule has 0 N–H and O–H groups in total. The Labute approximate surface area is 73.1 Å². The third kappa shape index (κ3) is 9.21. The minimum atomic E-state index is -0.270. The molecule has 32 valence electrons. The van der Waals surface area contributed by atoms with Crippen molar-refractivity contribution >= 4 is 69.1 Å². The molecule has 0 heterocycles. The Hall–Kier alpha value is 1.72. The molecule has 5 heteroatoms. The summed E-state index contributed by atoms with van der Waals surface area (Å²) in [7, 11) is 0.799. The summed E-state index contributed by atoms with van der Waals surface area (Å²) in [6, 6.07) is 0. The third-order valence-electron chi connectivity index (χ3n) is 0.0781. The minimum absolute atomic E-state index is 0. The van der Waals surface area contributed by atoms with Crippen molar-refractivity contribution < 1.29 is 4.79 Å². The van der Waals surface area contributed by atoms with E-state index in [0.29, 0.717) is 0 Å². The molecular formula is CH3NaOS3. The van der Waals surface area contributed by atoms with Gasteiger partial charge in [0.25, 0.3) is 4.45 Å². The van der Waals surface area contributed by atoms with Gasteiger partial charge in [0, 0.05) is 0 Å². The van der Waals surface area contributed by atoms with Crippen LogP contribution in [0, 0.1) is 0 Å². The fourth-order valence-corrected chi connectivity index (χ4v) is 0. The van der Waals surface area contributed by atoms with Crippen molar-refractivity contribution in [3.8, 4) is 0 Å². The van der Waals surface area contributed by atoms with Gasteiger partial charge in [0.1, 0.15) is 0 Å². The van der Waals surface area contributed by atoms with Gasteiger partial charge >= 0.3 is 29.6 Å². The van der Waals surface area contributed by atoms with Crippen molar-refractivity contribution in [1.82, 2.24) is 0 Å². The van der Waals surface area contributed by atoms with E-state index in [1.54, 1.807) is 0 Å². The monoisotopic (exact) mass is 150 g/mol. The predicted octanol–water partition coefficient (Wildman–Crippen LogP) is 0.966. The second-order valence-electron chi connectivity index (χ2n) is 0.357. The molecule has 1 nitrogen and oxygen atoms in total. The maximum atomic E-state index is 9.56. The van der Waals surface area contributed by atoms with Crippen LogP contribution in [0.4, 0.5) is 4.79 Å². The van der Waals surface area contributed by atoms with Crippen LogP contribution in [0.5, 0.6) is 0 Å². The van der Waals surface area contributed by atoms with Gasteiger partial charge in [0.2, 0.25) is 0 Å². The summed E-state index contributed by atoms with van der Waals surface area (Å²) in [4.78, 5) is 9.56. The van der Waals surface area contributed by atoms with Crippen LogP contribution in [0.1, 0.15) is 0 Å². The summed E-state index contributed by atoms with van der Waals surface area (Å²) in [6.45, 7) is 0. The normalized spacial score (nSPS) is 6.33. The average molecular weight is 150 g/mol.